The SMILES string of the molecule is Cc1cc(NC(=O)CN[C@H]2CS(=O)(=O)C[C@@H]2S(=O)(=O)c2ccc3c(c2)CCCC3)no1. The van der Waals surface area contributed by atoms with Gasteiger partial charge < -0.3 is 15.2 Å². The average molecular weight is 468 g/mol. The van der Waals surface area contributed by atoms with E-state index in [1.54, 1.807) is 25.1 Å². The molecule has 1 aliphatic carbocycles. The lowest BCUT2D eigenvalue weighted by molar-refractivity contribution is -0.115. The fraction of sp³-hybridized carbons (Fsp3) is 0.500. The summed E-state index contributed by atoms with van der Waals surface area (Å²) in [6.45, 7) is 1.43. The molecule has 2 aliphatic rings. The van der Waals surface area contributed by atoms with Crippen LogP contribution in [0.4, 0.5) is 5.82 Å². The number of aromatic nitrogens is 1. The van der Waals surface area contributed by atoms with Crippen LogP contribution in [-0.2, 0) is 37.3 Å². The molecule has 0 spiro atoms. The van der Waals surface area contributed by atoms with Gasteiger partial charge in [-0.1, -0.05) is 11.2 Å². The van der Waals surface area contributed by atoms with Gasteiger partial charge in [0.15, 0.2) is 25.5 Å². The minimum atomic E-state index is -3.90. The summed E-state index contributed by atoms with van der Waals surface area (Å²) in [6.07, 6.45) is 3.85. The standard InChI is InChI=1S/C20H25N3O6S2/c1-13-8-19(23-29-13)22-20(24)10-21-17-11-30(25,26)12-18(17)31(27,28)16-7-6-14-4-2-3-5-15(14)9-16/h6-9,17-18,21H,2-5,10-12H2,1H3,(H,22,23,24)/t17-,18-/m0/s1. The van der Waals surface area contributed by atoms with Gasteiger partial charge in [0, 0.05) is 12.1 Å². The summed E-state index contributed by atoms with van der Waals surface area (Å²) in [7, 11) is -7.45. The van der Waals surface area contributed by atoms with Gasteiger partial charge in [0.1, 0.15) is 5.76 Å². The van der Waals surface area contributed by atoms with Crippen molar-refractivity contribution < 1.29 is 26.2 Å². The first-order valence-corrected chi connectivity index (χ1v) is 13.5. The summed E-state index contributed by atoms with van der Waals surface area (Å²) < 4.78 is 56.1. The Morgan fingerprint density at radius 1 is 1.16 bits per heavy atom. The Kier molecular flexibility index (Phi) is 5.93. The zero-order valence-electron chi connectivity index (χ0n) is 17.1. The predicted octanol–water partition coefficient (Wildman–Crippen LogP) is 1.03. The fourth-order valence-corrected chi connectivity index (χ4v) is 8.97. The monoisotopic (exact) mass is 467 g/mol. The molecule has 2 heterocycles. The first-order valence-electron chi connectivity index (χ1n) is 10.2. The summed E-state index contributed by atoms with van der Waals surface area (Å²) >= 11 is 0. The number of benzene rings is 1. The largest absolute Gasteiger partial charge is 0.360 e. The normalized spacial score (nSPS) is 22.7. The Hall–Kier alpha value is -2.24. The molecule has 0 saturated carbocycles. The molecule has 1 amide bonds. The minimum Gasteiger partial charge on any atom is -0.360 e. The molecule has 0 unspecified atom stereocenters. The zero-order valence-corrected chi connectivity index (χ0v) is 18.8. The maximum Gasteiger partial charge on any atom is 0.239 e. The van der Waals surface area contributed by atoms with E-state index in [0.29, 0.717) is 5.76 Å². The third-order valence-corrected chi connectivity index (χ3v) is 9.92. The van der Waals surface area contributed by atoms with Crippen molar-refractivity contribution in [2.24, 2.45) is 0 Å². The lowest BCUT2D eigenvalue weighted by atomic mass is 9.92. The number of fused-ring (bicyclic) bond motifs is 1. The smallest absolute Gasteiger partial charge is 0.239 e. The van der Waals surface area contributed by atoms with Crippen molar-refractivity contribution in [1.29, 1.82) is 0 Å². The lowest BCUT2D eigenvalue weighted by Gasteiger charge is -2.21. The molecular weight excluding hydrogens is 442 g/mol. The third kappa shape index (κ3) is 4.83. The molecule has 31 heavy (non-hydrogen) atoms. The van der Waals surface area contributed by atoms with Crippen LogP contribution in [-0.4, -0.2) is 57.2 Å². The zero-order chi connectivity index (χ0) is 22.2. The van der Waals surface area contributed by atoms with Crippen molar-refractivity contribution in [2.75, 3.05) is 23.4 Å². The van der Waals surface area contributed by atoms with Crippen LogP contribution in [0.3, 0.4) is 0 Å². The number of sulfone groups is 2. The van der Waals surface area contributed by atoms with E-state index >= 15 is 0 Å². The Morgan fingerprint density at radius 3 is 2.61 bits per heavy atom. The molecule has 0 radical (unpaired) electrons. The van der Waals surface area contributed by atoms with Crippen LogP contribution in [0.5, 0.6) is 0 Å². The average Bonchev–Trinajstić information content (AvgIpc) is 3.27. The predicted molar refractivity (Wildman–Crippen MR) is 114 cm³/mol. The van der Waals surface area contributed by atoms with Crippen molar-refractivity contribution in [1.82, 2.24) is 10.5 Å². The van der Waals surface area contributed by atoms with Crippen LogP contribution in [0, 0.1) is 6.92 Å². The Bertz CT molecular complexity index is 1200. The van der Waals surface area contributed by atoms with Gasteiger partial charge in [0.25, 0.3) is 0 Å². The highest BCUT2D eigenvalue weighted by Crippen LogP contribution is 2.29. The molecular formula is C20H25N3O6S2. The summed E-state index contributed by atoms with van der Waals surface area (Å²) in [5.74, 6) is -0.503. The maximum atomic E-state index is 13.3. The molecule has 9 nitrogen and oxygen atoms in total. The molecule has 0 bridgehead atoms. The highest BCUT2D eigenvalue weighted by Gasteiger charge is 2.46. The third-order valence-electron chi connectivity index (χ3n) is 5.77. The summed E-state index contributed by atoms with van der Waals surface area (Å²) in [4.78, 5) is 12.3. The number of rotatable bonds is 6. The van der Waals surface area contributed by atoms with Crippen molar-refractivity contribution in [2.45, 2.75) is 48.8 Å². The topological polar surface area (TPSA) is 135 Å². The van der Waals surface area contributed by atoms with Gasteiger partial charge in [-0.05, 0) is 55.9 Å². The first kappa shape index (κ1) is 22.0. The molecule has 1 aromatic carbocycles. The van der Waals surface area contributed by atoms with Gasteiger partial charge in [-0.2, -0.15) is 0 Å². The Balaban J connectivity index is 1.50. The maximum absolute atomic E-state index is 13.3. The van der Waals surface area contributed by atoms with E-state index < -0.39 is 42.6 Å². The van der Waals surface area contributed by atoms with Gasteiger partial charge in [0.2, 0.25) is 5.91 Å². The van der Waals surface area contributed by atoms with E-state index in [-0.39, 0.29) is 23.0 Å². The molecule has 1 aromatic heterocycles. The van der Waals surface area contributed by atoms with Gasteiger partial charge in [-0.3, -0.25) is 4.79 Å². The molecule has 4 rings (SSSR count). The number of amides is 1. The molecule has 2 aromatic rings. The van der Waals surface area contributed by atoms with E-state index in [9.17, 15) is 21.6 Å². The number of anilines is 1. The van der Waals surface area contributed by atoms with Crippen molar-refractivity contribution >= 4 is 31.4 Å². The molecule has 1 aliphatic heterocycles. The van der Waals surface area contributed by atoms with Crippen LogP contribution < -0.4 is 10.6 Å². The molecule has 2 atom stereocenters. The fourth-order valence-electron chi connectivity index (χ4n) is 4.21. The second-order valence-electron chi connectivity index (χ2n) is 8.16. The number of nitrogens with one attached hydrogen (secondary N) is 2. The molecule has 2 N–H and O–H groups in total. The van der Waals surface area contributed by atoms with Gasteiger partial charge in [0.05, 0.1) is 28.2 Å². The van der Waals surface area contributed by atoms with E-state index in [1.165, 1.54) is 0 Å². The van der Waals surface area contributed by atoms with E-state index in [0.717, 1.165) is 36.8 Å². The van der Waals surface area contributed by atoms with Crippen LogP contribution in [0.15, 0.2) is 33.7 Å². The number of hydrogen-bond acceptors (Lipinski definition) is 8. The number of carbonyl (C=O) groups is 1. The quantitative estimate of drug-likeness (QED) is 0.643. The second-order valence-corrected chi connectivity index (χ2v) is 12.5. The summed E-state index contributed by atoms with van der Waals surface area (Å²) in [6, 6.07) is 5.75. The number of carbonyl (C=O) groups excluding carboxylic acids is 1. The summed E-state index contributed by atoms with van der Waals surface area (Å²) in [5, 5.41) is 7.85. The lowest BCUT2D eigenvalue weighted by Crippen LogP contribution is -2.46. The molecule has 168 valence electrons. The highest BCUT2D eigenvalue weighted by molar-refractivity contribution is 7.96. The van der Waals surface area contributed by atoms with Gasteiger partial charge >= 0.3 is 0 Å². The molecule has 1 fully saturated rings. The number of hydrogen-bond donors (Lipinski definition) is 2. The van der Waals surface area contributed by atoms with Crippen molar-refractivity contribution in [3.8, 4) is 0 Å². The number of aryl methyl sites for hydroxylation is 3. The minimum absolute atomic E-state index is 0.143. The van der Waals surface area contributed by atoms with Gasteiger partial charge in [-0.25, -0.2) is 16.8 Å². The first-order chi connectivity index (χ1) is 14.6. The molecule has 1 saturated heterocycles. The second kappa shape index (κ2) is 8.36. The van der Waals surface area contributed by atoms with Crippen molar-refractivity contribution in [3.63, 3.8) is 0 Å². The summed E-state index contributed by atoms with van der Waals surface area (Å²) in [5.41, 5.74) is 2.17. The van der Waals surface area contributed by atoms with E-state index in [1.807, 2.05) is 6.07 Å². The van der Waals surface area contributed by atoms with Gasteiger partial charge in [-0.15, -0.1) is 0 Å². The van der Waals surface area contributed by atoms with Crippen LogP contribution in [0.1, 0.15) is 29.7 Å². The van der Waals surface area contributed by atoms with E-state index in [2.05, 4.69) is 15.8 Å². The van der Waals surface area contributed by atoms with Crippen LogP contribution >= 0.6 is 0 Å². The molecule has 11 heteroatoms. The van der Waals surface area contributed by atoms with Crippen LogP contribution in [0.2, 0.25) is 0 Å². The van der Waals surface area contributed by atoms with E-state index in [4.69, 9.17) is 4.52 Å². The van der Waals surface area contributed by atoms with Crippen molar-refractivity contribution in [3.05, 3.63) is 41.2 Å². The highest BCUT2D eigenvalue weighted by atomic mass is 32.2. The number of nitrogens with zero attached hydrogens (tertiary/aromatic N) is 1. The van der Waals surface area contributed by atoms with Crippen LogP contribution in [0.25, 0.3) is 0 Å². The Morgan fingerprint density at radius 2 is 1.90 bits per heavy atom. The Labute approximate surface area is 181 Å².